The Bertz CT molecular complexity index is 1680. The fourth-order valence-electron chi connectivity index (χ4n) is 6.30. The normalized spacial score (nSPS) is 18.3. The fraction of sp³-hybridized carbons (Fsp3) is 0.514. The van der Waals surface area contributed by atoms with Gasteiger partial charge < -0.3 is 39.9 Å². The van der Waals surface area contributed by atoms with Crippen molar-refractivity contribution in [2.75, 3.05) is 27.3 Å². The zero-order valence-electron chi connectivity index (χ0n) is 30.0. The first-order valence-corrected chi connectivity index (χ1v) is 17.2. The summed E-state index contributed by atoms with van der Waals surface area (Å²) in [6.07, 6.45) is 1.83. The van der Waals surface area contributed by atoms with Gasteiger partial charge in [0.15, 0.2) is 5.60 Å². The molecule has 1 heterocycles. The quantitative estimate of drug-likeness (QED) is 0.222. The molecular formula is C37H47N5O9. The molecule has 2 aromatic rings. The van der Waals surface area contributed by atoms with Crippen molar-refractivity contribution in [1.82, 2.24) is 20.9 Å². The number of methoxy groups -OCH3 is 2. The van der Waals surface area contributed by atoms with E-state index in [-0.39, 0.29) is 32.0 Å². The van der Waals surface area contributed by atoms with Gasteiger partial charge in [0.25, 0.3) is 5.91 Å². The van der Waals surface area contributed by atoms with Crippen molar-refractivity contribution in [2.45, 2.75) is 90.1 Å². The van der Waals surface area contributed by atoms with Crippen molar-refractivity contribution in [3.05, 3.63) is 59.2 Å². The highest BCUT2D eigenvalue weighted by molar-refractivity contribution is 6.38. The van der Waals surface area contributed by atoms with Gasteiger partial charge in [0, 0.05) is 29.7 Å². The van der Waals surface area contributed by atoms with Crippen LogP contribution in [0.5, 0.6) is 11.5 Å². The molecule has 5 rings (SSSR count). The SMILES string of the molecule is CCC[C@H](NC(=O)CN(C[C@@]12CC(=NO1)c1c(OC)cc(OC)cc12)C(=O)[C@@H](NC(=O)OCc1ccccc1)C(C)(C)C)C(=O)C(=O)NC1CC1. The second-order valence-corrected chi connectivity index (χ2v) is 14.3. The van der Waals surface area contributed by atoms with E-state index in [1.54, 1.807) is 32.9 Å². The number of ketones is 1. The second-order valence-electron chi connectivity index (χ2n) is 14.3. The maximum Gasteiger partial charge on any atom is 0.408 e. The van der Waals surface area contributed by atoms with E-state index in [0.717, 1.165) is 18.4 Å². The van der Waals surface area contributed by atoms with E-state index in [9.17, 15) is 24.0 Å². The number of oxime groups is 1. The van der Waals surface area contributed by atoms with Gasteiger partial charge in [-0.2, -0.15) is 0 Å². The van der Waals surface area contributed by atoms with Crippen LogP contribution >= 0.6 is 0 Å². The third-order valence-corrected chi connectivity index (χ3v) is 9.14. The van der Waals surface area contributed by atoms with Crippen LogP contribution in [-0.4, -0.2) is 85.6 Å². The number of benzene rings is 2. The summed E-state index contributed by atoms with van der Waals surface area (Å²) in [5.41, 5.74) is 0.723. The molecule has 0 aromatic heterocycles. The molecule has 0 unspecified atom stereocenters. The largest absolute Gasteiger partial charge is 0.497 e. The maximum atomic E-state index is 14.6. The number of hydrogen-bond acceptors (Lipinski definition) is 10. The molecule has 14 heteroatoms. The third-order valence-electron chi connectivity index (χ3n) is 9.14. The number of carbonyl (C=O) groups is 5. The molecule has 2 bridgehead atoms. The van der Waals surface area contributed by atoms with Crippen LogP contribution in [0.3, 0.4) is 0 Å². The number of nitrogens with zero attached hydrogens (tertiary/aromatic N) is 2. The Hall–Kier alpha value is -5.14. The smallest absolute Gasteiger partial charge is 0.408 e. The number of fused-ring (bicyclic) bond motifs is 5. The number of amides is 4. The first kappa shape index (κ1) is 37.1. The molecule has 2 aliphatic carbocycles. The highest BCUT2D eigenvalue weighted by Gasteiger charge is 2.54. The monoisotopic (exact) mass is 705 g/mol. The van der Waals surface area contributed by atoms with E-state index in [2.05, 4.69) is 21.1 Å². The van der Waals surface area contributed by atoms with Crippen molar-refractivity contribution in [2.24, 2.45) is 10.6 Å². The molecule has 1 fully saturated rings. The van der Waals surface area contributed by atoms with Crippen molar-refractivity contribution < 1.29 is 43.0 Å². The molecule has 0 saturated heterocycles. The lowest BCUT2D eigenvalue weighted by Gasteiger charge is -2.38. The molecule has 0 spiro atoms. The third kappa shape index (κ3) is 8.61. The Labute approximate surface area is 297 Å². The molecule has 1 saturated carbocycles. The van der Waals surface area contributed by atoms with E-state index in [4.69, 9.17) is 19.0 Å². The average Bonchev–Trinajstić information content (AvgIpc) is 3.75. The summed E-state index contributed by atoms with van der Waals surface area (Å²) in [5, 5.41) is 12.4. The number of carbonyl (C=O) groups excluding carboxylic acids is 5. The lowest BCUT2D eigenvalue weighted by atomic mass is 9.85. The van der Waals surface area contributed by atoms with Gasteiger partial charge in [0.2, 0.25) is 17.6 Å². The first-order valence-electron chi connectivity index (χ1n) is 17.2. The summed E-state index contributed by atoms with van der Waals surface area (Å²) in [6, 6.07) is 10.4. The van der Waals surface area contributed by atoms with Gasteiger partial charge in [-0.25, -0.2) is 4.79 Å². The number of Topliss-reactive ketones (excluding diaryl/α,β-unsaturated/α-hetero) is 1. The van der Waals surface area contributed by atoms with Crippen LogP contribution in [-0.2, 0) is 41.0 Å². The minimum absolute atomic E-state index is 0.0114. The Kier molecular flexibility index (Phi) is 11.2. The number of alkyl carbamates (subject to hydrolysis) is 1. The molecule has 14 nitrogen and oxygen atoms in total. The van der Waals surface area contributed by atoms with Crippen LogP contribution in [0, 0.1) is 5.41 Å². The molecule has 3 atom stereocenters. The maximum absolute atomic E-state index is 14.6. The second kappa shape index (κ2) is 15.4. The summed E-state index contributed by atoms with van der Waals surface area (Å²) < 4.78 is 16.6. The molecule has 0 radical (unpaired) electrons. The summed E-state index contributed by atoms with van der Waals surface area (Å²) in [6.45, 7) is 6.51. The van der Waals surface area contributed by atoms with Gasteiger partial charge in [0.1, 0.15) is 24.1 Å². The van der Waals surface area contributed by atoms with Crippen LogP contribution in [0.1, 0.15) is 76.5 Å². The Morgan fingerprint density at radius 1 is 1.04 bits per heavy atom. The van der Waals surface area contributed by atoms with Crippen molar-refractivity contribution >= 4 is 35.3 Å². The van der Waals surface area contributed by atoms with E-state index in [1.807, 2.05) is 37.3 Å². The minimum atomic E-state index is -1.21. The van der Waals surface area contributed by atoms with Crippen molar-refractivity contribution in [3.8, 4) is 11.5 Å². The van der Waals surface area contributed by atoms with Gasteiger partial charge in [0.05, 0.1) is 39.1 Å². The lowest BCUT2D eigenvalue weighted by Crippen LogP contribution is -2.59. The summed E-state index contributed by atoms with van der Waals surface area (Å²) >= 11 is 0. The van der Waals surface area contributed by atoms with Gasteiger partial charge in [-0.05, 0) is 36.3 Å². The molecule has 274 valence electrons. The summed E-state index contributed by atoms with van der Waals surface area (Å²) in [7, 11) is 3.06. The Morgan fingerprint density at radius 3 is 2.39 bits per heavy atom. The predicted octanol–water partition coefficient (Wildman–Crippen LogP) is 3.34. The van der Waals surface area contributed by atoms with Gasteiger partial charge in [-0.15, -0.1) is 0 Å². The molecule has 2 aromatic carbocycles. The van der Waals surface area contributed by atoms with Crippen LogP contribution in [0.25, 0.3) is 0 Å². The van der Waals surface area contributed by atoms with Crippen LogP contribution < -0.4 is 25.4 Å². The molecular weight excluding hydrogens is 658 g/mol. The summed E-state index contributed by atoms with van der Waals surface area (Å²) in [4.78, 5) is 74.5. The predicted molar refractivity (Wildman–Crippen MR) is 186 cm³/mol. The first-order chi connectivity index (χ1) is 24.3. The molecule has 4 amide bonds. The zero-order valence-corrected chi connectivity index (χ0v) is 30.0. The lowest BCUT2D eigenvalue weighted by molar-refractivity contribution is -0.146. The highest BCUT2D eigenvalue weighted by Crippen LogP contribution is 2.50. The van der Waals surface area contributed by atoms with Crippen LogP contribution in [0.4, 0.5) is 4.79 Å². The summed E-state index contributed by atoms with van der Waals surface area (Å²) in [5.74, 6) is -1.73. The number of rotatable bonds is 16. The average molecular weight is 706 g/mol. The highest BCUT2D eigenvalue weighted by atomic mass is 16.7. The molecule has 3 N–H and O–H groups in total. The fourth-order valence-corrected chi connectivity index (χ4v) is 6.30. The van der Waals surface area contributed by atoms with Crippen molar-refractivity contribution in [3.63, 3.8) is 0 Å². The Balaban J connectivity index is 1.43. The van der Waals surface area contributed by atoms with E-state index < -0.39 is 59.2 Å². The topological polar surface area (TPSA) is 174 Å². The molecule has 51 heavy (non-hydrogen) atoms. The van der Waals surface area contributed by atoms with E-state index in [0.29, 0.717) is 34.8 Å². The van der Waals surface area contributed by atoms with Gasteiger partial charge >= 0.3 is 6.09 Å². The number of hydrogen-bond donors (Lipinski definition) is 3. The van der Waals surface area contributed by atoms with Gasteiger partial charge in [-0.3, -0.25) is 19.2 Å². The molecule has 1 aliphatic heterocycles. The van der Waals surface area contributed by atoms with E-state index in [1.165, 1.54) is 19.1 Å². The zero-order chi connectivity index (χ0) is 36.9. The molecule has 3 aliphatic rings. The number of ether oxygens (including phenoxy) is 3. The standard InChI is InChI=1S/C37H47N5O9/c1-7-11-26(31(44)33(45)38-23-14-15-23)39-29(43)19-42(21-37-18-27(41-51-37)30-25(37)16-24(48-5)17-28(30)49-6)34(46)32(36(2,3)4)40-35(47)50-20-22-12-9-8-10-13-22/h8-10,12-13,16-17,23,26,32H,7,11,14-15,18-21H2,1-6H3,(H,38,45)(H,39,43)(H,40,47)/t26-,32+,37+/m0/s1. The van der Waals surface area contributed by atoms with Crippen molar-refractivity contribution in [1.29, 1.82) is 0 Å². The van der Waals surface area contributed by atoms with Crippen LogP contribution in [0.2, 0.25) is 0 Å². The number of nitrogens with one attached hydrogen (secondary N) is 3. The minimum Gasteiger partial charge on any atom is -0.497 e. The van der Waals surface area contributed by atoms with E-state index >= 15 is 0 Å². The van der Waals surface area contributed by atoms with Gasteiger partial charge in [-0.1, -0.05) is 69.6 Å². The van der Waals surface area contributed by atoms with Crippen LogP contribution in [0.15, 0.2) is 47.6 Å². The Morgan fingerprint density at radius 2 is 1.76 bits per heavy atom.